The van der Waals surface area contributed by atoms with Crippen molar-refractivity contribution in [3.63, 3.8) is 0 Å². The van der Waals surface area contributed by atoms with E-state index in [9.17, 15) is 14.4 Å². The molecule has 0 unspecified atom stereocenters. The highest BCUT2D eigenvalue weighted by molar-refractivity contribution is 5.98. The van der Waals surface area contributed by atoms with E-state index in [-0.39, 0.29) is 23.5 Å². The third-order valence-corrected chi connectivity index (χ3v) is 5.27. The van der Waals surface area contributed by atoms with Gasteiger partial charge in [0.25, 0.3) is 5.91 Å². The van der Waals surface area contributed by atoms with Crippen molar-refractivity contribution in [2.45, 2.75) is 26.3 Å². The number of carbonyl (C=O) groups excluding carboxylic acids is 3. The molecule has 1 saturated heterocycles. The van der Waals surface area contributed by atoms with E-state index in [1.165, 1.54) is 6.92 Å². The predicted octanol–water partition coefficient (Wildman–Crippen LogP) is 3.07. The Labute approximate surface area is 170 Å². The van der Waals surface area contributed by atoms with Gasteiger partial charge in [0, 0.05) is 43.6 Å². The summed E-state index contributed by atoms with van der Waals surface area (Å²) >= 11 is 0. The SMILES string of the molecule is COc1ccc(C(=O)C2CCN(C(=O)c3ccc(CNC(C)=O)cc3)CC2)cc1. The molecule has 1 aliphatic heterocycles. The Bertz CT molecular complexity index is 867. The maximum Gasteiger partial charge on any atom is 0.253 e. The molecule has 0 radical (unpaired) electrons. The van der Waals surface area contributed by atoms with Crippen LogP contribution in [0.3, 0.4) is 0 Å². The second-order valence-electron chi connectivity index (χ2n) is 7.27. The first-order valence-electron chi connectivity index (χ1n) is 9.79. The molecule has 3 rings (SSSR count). The number of ether oxygens (including phenoxy) is 1. The Balaban J connectivity index is 1.54. The van der Waals surface area contributed by atoms with E-state index in [4.69, 9.17) is 4.74 Å². The molecule has 0 aromatic heterocycles. The summed E-state index contributed by atoms with van der Waals surface area (Å²) in [6.45, 7) is 3.06. The van der Waals surface area contributed by atoms with E-state index >= 15 is 0 Å². The second-order valence-corrected chi connectivity index (χ2v) is 7.27. The smallest absolute Gasteiger partial charge is 0.253 e. The molecule has 1 heterocycles. The van der Waals surface area contributed by atoms with Crippen LogP contribution in [0, 0.1) is 5.92 Å². The fraction of sp³-hybridized carbons (Fsp3) is 0.348. The number of benzene rings is 2. The average Bonchev–Trinajstić information content (AvgIpc) is 2.77. The molecule has 6 heteroatoms. The molecule has 2 amide bonds. The van der Waals surface area contributed by atoms with Gasteiger partial charge in [0.15, 0.2) is 5.78 Å². The monoisotopic (exact) mass is 394 g/mol. The van der Waals surface area contributed by atoms with Crippen LogP contribution in [0.25, 0.3) is 0 Å². The zero-order chi connectivity index (χ0) is 20.8. The lowest BCUT2D eigenvalue weighted by atomic mass is 9.88. The number of likely N-dealkylation sites (tertiary alicyclic amines) is 1. The quantitative estimate of drug-likeness (QED) is 0.764. The number of hydrogen-bond donors (Lipinski definition) is 1. The summed E-state index contributed by atoms with van der Waals surface area (Å²) in [7, 11) is 1.60. The fourth-order valence-electron chi connectivity index (χ4n) is 3.51. The molecule has 1 aliphatic rings. The molecular formula is C23H26N2O4. The Hall–Kier alpha value is -3.15. The van der Waals surface area contributed by atoms with Gasteiger partial charge in [-0.15, -0.1) is 0 Å². The van der Waals surface area contributed by atoms with Crippen molar-refractivity contribution in [2.24, 2.45) is 5.92 Å². The number of Topliss-reactive ketones (excluding diaryl/α,β-unsaturated/α-hetero) is 1. The summed E-state index contributed by atoms with van der Waals surface area (Å²) in [5.74, 6) is 0.684. The number of carbonyl (C=O) groups is 3. The van der Waals surface area contributed by atoms with Crippen molar-refractivity contribution in [3.05, 3.63) is 65.2 Å². The van der Waals surface area contributed by atoms with Crippen LogP contribution < -0.4 is 10.1 Å². The maximum absolute atomic E-state index is 12.8. The topological polar surface area (TPSA) is 75.7 Å². The maximum atomic E-state index is 12.8. The highest BCUT2D eigenvalue weighted by Gasteiger charge is 2.28. The molecule has 1 fully saturated rings. The third kappa shape index (κ3) is 5.22. The molecule has 2 aromatic carbocycles. The fourth-order valence-corrected chi connectivity index (χ4v) is 3.51. The van der Waals surface area contributed by atoms with E-state index in [1.807, 2.05) is 12.1 Å². The molecule has 6 nitrogen and oxygen atoms in total. The van der Waals surface area contributed by atoms with Crippen LogP contribution in [-0.4, -0.2) is 42.7 Å². The van der Waals surface area contributed by atoms with Crippen LogP contribution in [-0.2, 0) is 11.3 Å². The molecule has 1 N–H and O–H groups in total. The Morgan fingerprint density at radius 3 is 2.10 bits per heavy atom. The van der Waals surface area contributed by atoms with Gasteiger partial charge in [-0.25, -0.2) is 0 Å². The standard InChI is InChI=1S/C23H26N2O4/c1-16(26)24-15-17-3-5-20(6-4-17)23(28)25-13-11-19(12-14-25)22(27)18-7-9-21(29-2)10-8-18/h3-10,19H,11-15H2,1-2H3,(H,24,26). The normalized spacial score (nSPS) is 14.3. The van der Waals surface area contributed by atoms with Gasteiger partial charge in [-0.1, -0.05) is 12.1 Å². The van der Waals surface area contributed by atoms with Gasteiger partial charge in [0.1, 0.15) is 5.75 Å². The first kappa shape index (κ1) is 20.6. The summed E-state index contributed by atoms with van der Waals surface area (Å²) in [4.78, 5) is 38.3. The highest BCUT2D eigenvalue weighted by atomic mass is 16.5. The van der Waals surface area contributed by atoms with Crippen LogP contribution in [0.2, 0.25) is 0 Å². The first-order valence-corrected chi connectivity index (χ1v) is 9.79. The van der Waals surface area contributed by atoms with Crippen LogP contribution in [0.15, 0.2) is 48.5 Å². The van der Waals surface area contributed by atoms with Crippen LogP contribution >= 0.6 is 0 Å². The number of methoxy groups -OCH3 is 1. The van der Waals surface area contributed by atoms with Gasteiger partial charge in [-0.05, 0) is 54.8 Å². The van der Waals surface area contributed by atoms with E-state index < -0.39 is 0 Å². The highest BCUT2D eigenvalue weighted by Crippen LogP contribution is 2.24. The van der Waals surface area contributed by atoms with Gasteiger partial charge in [-0.2, -0.15) is 0 Å². The van der Waals surface area contributed by atoms with E-state index in [0.717, 1.165) is 11.3 Å². The average molecular weight is 394 g/mol. The van der Waals surface area contributed by atoms with E-state index in [1.54, 1.807) is 48.4 Å². The molecule has 29 heavy (non-hydrogen) atoms. The molecule has 0 aliphatic carbocycles. The van der Waals surface area contributed by atoms with Crippen molar-refractivity contribution >= 4 is 17.6 Å². The van der Waals surface area contributed by atoms with Crippen molar-refractivity contribution < 1.29 is 19.1 Å². The summed E-state index contributed by atoms with van der Waals surface area (Å²) in [5.41, 5.74) is 2.25. The van der Waals surface area contributed by atoms with Crippen molar-refractivity contribution in [1.29, 1.82) is 0 Å². The zero-order valence-electron chi connectivity index (χ0n) is 16.8. The number of nitrogens with zero attached hydrogens (tertiary/aromatic N) is 1. The minimum Gasteiger partial charge on any atom is -0.497 e. The predicted molar refractivity (Wildman–Crippen MR) is 110 cm³/mol. The van der Waals surface area contributed by atoms with Gasteiger partial charge < -0.3 is 15.0 Å². The lowest BCUT2D eigenvalue weighted by molar-refractivity contribution is -0.119. The molecule has 0 atom stereocenters. The van der Waals surface area contributed by atoms with Crippen molar-refractivity contribution in [1.82, 2.24) is 10.2 Å². The lowest BCUT2D eigenvalue weighted by Crippen LogP contribution is -2.40. The second kappa shape index (κ2) is 9.37. The Morgan fingerprint density at radius 2 is 1.55 bits per heavy atom. The lowest BCUT2D eigenvalue weighted by Gasteiger charge is -2.31. The van der Waals surface area contributed by atoms with E-state index in [0.29, 0.717) is 43.6 Å². The Morgan fingerprint density at radius 1 is 0.966 bits per heavy atom. The first-order chi connectivity index (χ1) is 14.0. The van der Waals surface area contributed by atoms with Gasteiger partial charge in [0.2, 0.25) is 5.91 Å². The van der Waals surface area contributed by atoms with Crippen molar-refractivity contribution in [2.75, 3.05) is 20.2 Å². The summed E-state index contributed by atoms with van der Waals surface area (Å²) < 4.78 is 5.13. The van der Waals surface area contributed by atoms with Crippen molar-refractivity contribution in [3.8, 4) is 5.75 Å². The summed E-state index contributed by atoms with van der Waals surface area (Å²) in [5, 5.41) is 2.74. The largest absolute Gasteiger partial charge is 0.497 e. The summed E-state index contributed by atoms with van der Waals surface area (Å²) in [6, 6.07) is 14.4. The van der Waals surface area contributed by atoms with Crippen LogP contribution in [0.1, 0.15) is 46.0 Å². The molecule has 0 saturated carbocycles. The number of rotatable bonds is 6. The number of piperidine rings is 1. The number of amides is 2. The van der Waals surface area contributed by atoms with Gasteiger partial charge >= 0.3 is 0 Å². The number of hydrogen-bond acceptors (Lipinski definition) is 4. The number of ketones is 1. The third-order valence-electron chi connectivity index (χ3n) is 5.27. The number of nitrogens with one attached hydrogen (secondary N) is 1. The van der Waals surface area contributed by atoms with Crippen LogP contribution in [0.5, 0.6) is 5.75 Å². The molecule has 2 aromatic rings. The molecule has 152 valence electrons. The Kier molecular flexibility index (Phi) is 6.65. The summed E-state index contributed by atoms with van der Waals surface area (Å²) in [6.07, 6.45) is 1.33. The van der Waals surface area contributed by atoms with Crippen LogP contribution in [0.4, 0.5) is 0 Å². The van der Waals surface area contributed by atoms with Gasteiger partial charge in [-0.3, -0.25) is 14.4 Å². The molecular weight excluding hydrogens is 368 g/mol. The minimum absolute atomic E-state index is 0.0218. The van der Waals surface area contributed by atoms with E-state index in [2.05, 4.69) is 5.32 Å². The zero-order valence-corrected chi connectivity index (χ0v) is 16.8. The molecule has 0 bridgehead atoms. The minimum atomic E-state index is -0.0859. The molecule has 0 spiro atoms. The van der Waals surface area contributed by atoms with Gasteiger partial charge in [0.05, 0.1) is 7.11 Å².